The monoisotopic (exact) mass is 395 g/mol. The fraction of sp³-hybridized carbons (Fsp3) is 0.524. The van der Waals surface area contributed by atoms with E-state index < -0.39 is 0 Å². The fourth-order valence-corrected chi connectivity index (χ4v) is 3.86. The maximum Gasteiger partial charge on any atom is 0.317 e. The number of para-hydroxylation sites is 2. The molecular weight excluding hydrogens is 366 g/mol. The van der Waals surface area contributed by atoms with Crippen molar-refractivity contribution in [2.75, 3.05) is 13.1 Å². The maximum atomic E-state index is 12.3. The van der Waals surface area contributed by atoms with E-state index in [4.69, 9.17) is 0 Å². The molecule has 29 heavy (non-hydrogen) atoms. The number of imidazole rings is 1. The topological polar surface area (TPSA) is 80.9 Å². The molecule has 1 unspecified atom stereocenters. The second-order valence-corrected chi connectivity index (χ2v) is 7.90. The van der Waals surface area contributed by atoms with Gasteiger partial charge in [0.2, 0.25) is 0 Å². The Hall–Kier alpha value is -2.90. The van der Waals surface area contributed by atoms with Gasteiger partial charge in [-0.2, -0.15) is 0 Å². The molecule has 2 aromatic heterocycles. The summed E-state index contributed by atoms with van der Waals surface area (Å²) in [4.78, 5) is 18.8. The third kappa shape index (κ3) is 4.11. The van der Waals surface area contributed by atoms with Gasteiger partial charge < -0.3 is 14.8 Å². The van der Waals surface area contributed by atoms with Gasteiger partial charge in [-0.3, -0.25) is 0 Å². The number of carbonyl (C=O) groups is 1. The first-order chi connectivity index (χ1) is 14.0. The number of urea groups is 1. The number of nitrogens with one attached hydrogen (secondary N) is 1. The minimum Gasteiger partial charge on any atom is -0.336 e. The number of fused-ring (bicyclic) bond motifs is 1. The Bertz CT molecular complexity index is 984. The van der Waals surface area contributed by atoms with Gasteiger partial charge in [-0.05, 0) is 45.2 Å². The zero-order valence-electron chi connectivity index (χ0n) is 17.4. The van der Waals surface area contributed by atoms with Crippen molar-refractivity contribution in [3.8, 4) is 0 Å². The molecule has 3 heterocycles. The molecule has 3 aromatic rings. The second-order valence-electron chi connectivity index (χ2n) is 7.90. The standard InChI is InChI=1S/C21H29N7O/c1-4-15(2)22-21(29)26-11-9-18(10-12-26)28-14-17(24-25-28)13-27-16(3)23-19-7-5-6-8-20(19)27/h5-8,14-15,18H,4,9-13H2,1-3H3,(H,22,29). The summed E-state index contributed by atoms with van der Waals surface area (Å²) in [6, 6.07) is 8.68. The normalized spacial score (nSPS) is 16.3. The van der Waals surface area contributed by atoms with Crippen LogP contribution in [-0.4, -0.2) is 54.6 Å². The van der Waals surface area contributed by atoms with Crippen LogP contribution in [0.4, 0.5) is 4.79 Å². The molecule has 0 spiro atoms. The van der Waals surface area contributed by atoms with Crippen molar-refractivity contribution in [3.05, 3.63) is 42.0 Å². The lowest BCUT2D eigenvalue weighted by Crippen LogP contribution is -2.47. The van der Waals surface area contributed by atoms with Gasteiger partial charge >= 0.3 is 6.03 Å². The quantitative estimate of drug-likeness (QED) is 0.720. The molecule has 1 aliphatic heterocycles. The van der Waals surface area contributed by atoms with Gasteiger partial charge in [0.05, 0.1) is 29.8 Å². The average Bonchev–Trinajstić information content (AvgIpc) is 3.33. The average molecular weight is 396 g/mol. The molecule has 154 valence electrons. The Balaban J connectivity index is 1.39. The van der Waals surface area contributed by atoms with Crippen molar-refractivity contribution in [2.24, 2.45) is 0 Å². The van der Waals surface area contributed by atoms with Crippen LogP contribution in [0.1, 0.15) is 50.7 Å². The van der Waals surface area contributed by atoms with Crippen molar-refractivity contribution >= 4 is 17.1 Å². The lowest BCUT2D eigenvalue weighted by atomic mass is 10.1. The molecule has 8 heteroatoms. The summed E-state index contributed by atoms with van der Waals surface area (Å²) in [5, 5.41) is 11.8. The van der Waals surface area contributed by atoms with Gasteiger partial charge in [-0.25, -0.2) is 14.5 Å². The van der Waals surface area contributed by atoms with E-state index in [1.54, 1.807) is 0 Å². The Labute approximate surface area is 170 Å². The summed E-state index contributed by atoms with van der Waals surface area (Å²) in [7, 11) is 0. The van der Waals surface area contributed by atoms with Crippen LogP contribution in [0.15, 0.2) is 30.5 Å². The minimum atomic E-state index is 0.0412. The summed E-state index contributed by atoms with van der Waals surface area (Å²) in [5.41, 5.74) is 3.04. The molecule has 2 amide bonds. The highest BCUT2D eigenvalue weighted by molar-refractivity contribution is 5.76. The molecule has 0 aliphatic carbocycles. The summed E-state index contributed by atoms with van der Waals surface area (Å²) >= 11 is 0. The van der Waals surface area contributed by atoms with Crippen molar-refractivity contribution in [3.63, 3.8) is 0 Å². The van der Waals surface area contributed by atoms with E-state index in [-0.39, 0.29) is 18.1 Å². The second kappa shape index (κ2) is 8.23. The van der Waals surface area contributed by atoms with Crippen LogP contribution < -0.4 is 5.32 Å². The lowest BCUT2D eigenvalue weighted by molar-refractivity contribution is 0.165. The van der Waals surface area contributed by atoms with E-state index in [0.717, 1.165) is 54.9 Å². The Morgan fingerprint density at radius 1 is 1.28 bits per heavy atom. The third-order valence-electron chi connectivity index (χ3n) is 5.83. The molecule has 8 nitrogen and oxygen atoms in total. The van der Waals surface area contributed by atoms with E-state index in [1.807, 2.05) is 47.8 Å². The summed E-state index contributed by atoms with van der Waals surface area (Å²) in [6.07, 6.45) is 4.76. The summed E-state index contributed by atoms with van der Waals surface area (Å²) < 4.78 is 4.14. The number of hydrogen-bond donors (Lipinski definition) is 1. The number of carbonyl (C=O) groups excluding carboxylic acids is 1. The maximum absolute atomic E-state index is 12.3. The van der Waals surface area contributed by atoms with E-state index in [1.165, 1.54) is 0 Å². The number of amides is 2. The zero-order chi connectivity index (χ0) is 20.4. The van der Waals surface area contributed by atoms with Crippen LogP contribution in [0, 0.1) is 6.92 Å². The third-order valence-corrected chi connectivity index (χ3v) is 5.83. The molecular formula is C21H29N7O. The molecule has 0 saturated carbocycles. The SMILES string of the molecule is CCC(C)NC(=O)N1CCC(n2cc(Cn3c(C)nc4ccccc43)nn2)CC1. The van der Waals surface area contributed by atoms with Gasteiger partial charge in [0.25, 0.3) is 0 Å². The van der Waals surface area contributed by atoms with Crippen LogP contribution >= 0.6 is 0 Å². The van der Waals surface area contributed by atoms with E-state index in [9.17, 15) is 4.79 Å². The minimum absolute atomic E-state index is 0.0412. The molecule has 1 aliphatic rings. The molecule has 4 rings (SSSR count). The van der Waals surface area contributed by atoms with Gasteiger partial charge in [0.1, 0.15) is 11.5 Å². The largest absolute Gasteiger partial charge is 0.336 e. The Kier molecular flexibility index (Phi) is 5.51. The summed E-state index contributed by atoms with van der Waals surface area (Å²) in [6.45, 7) is 8.27. The number of hydrogen-bond acceptors (Lipinski definition) is 4. The molecule has 1 saturated heterocycles. The lowest BCUT2D eigenvalue weighted by Gasteiger charge is -2.32. The molecule has 0 bridgehead atoms. The van der Waals surface area contributed by atoms with Gasteiger partial charge in [0, 0.05) is 19.1 Å². The number of piperidine rings is 1. The number of benzene rings is 1. The van der Waals surface area contributed by atoms with E-state index in [0.29, 0.717) is 6.54 Å². The van der Waals surface area contributed by atoms with Gasteiger partial charge in [-0.15, -0.1) is 5.10 Å². The molecule has 1 aromatic carbocycles. The first-order valence-corrected chi connectivity index (χ1v) is 10.4. The van der Waals surface area contributed by atoms with Gasteiger partial charge in [-0.1, -0.05) is 24.3 Å². The summed E-state index contributed by atoms with van der Waals surface area (Å²) in [5.74, 6) is 0.973. The molecule has 0 radical (unpaired) electrons. The van der Waals surface area contributed by atoms with Crippen LogP contribution in [0.2, 0.25) is 0 Å². The Morgan fingerprint density at radius 2 is 2.03 bits per heavy atom. The first-order valence-electron chi connectivity index (χ1n) is 10.4. The van der Waals surface area contributed by atoms with Crippen LogP contribution in [0.3, 0.4) is 0 Å². The van der Waals surface area contributed by atoms with Crippen LogP contribution in [0.25, 0.3) is 11.0 Å². The Morgan fingerprint density at radius 3 is 2.79 bits per heavy atom. The smallest absolute Gasteiger partial charge is 0.317 e. The van der Waals surface area contributed by atoms with Crippen LogP contribution in [0.5, 0.6) is 0 Å². The fourth-order valence-electron chi connectivity index (χ4n) is 3.86. The van der Waals surface area contributed by atoms with Crippen molar-refractivity contribution < 1.29 is 4.79 Å². The van der Waals surface area contributed by atoms with Crippen LogP contribution in [-0.2, 0) is 6.54 Å². The zero-order valence-corrected chi connectivity index (χ0v) is 17.4. The highest BCUT2D eigenvalue weighted by Gasteiger charge is 2.25. The molecule has 1 N–H and O–H groups in total. The van der Waals surface area contributed by atoms with E-state index >= 15 is 0 Å². The first kappa shape index (κ1) is 19.4. The number of rotatable bonds is 5. The number of aryl methyl sites for hydroxylation is 1. The predicted octanol–water partition coefficient (Wildman–Crippen LogP) is 3.13. The van der Waals surface area contributed by atoms with Crippen molar-refractivity contribution in [1.29, 1.82) is 0 Å². The van der Waals surface area contributed by atoms with E-state index in [2.05, 4.69) is 38.2 Å². The molecule has 1 atom stereocenters. The molecule has 1 fully saturated rings. The van der Waals surface area contributed by atoms with Gasteiger partial charge in [0.15, 0.2) is 0 Å². The highest BCUT2D eigenvalue weighted by Crippen LogP contribution is 2.22. The van der Waals surface area contributed by atoms with Crippen molar-refractivity contribution in [1.82, 2.24) is 34.8 Å². The number of aromatic nitrogens is 5. The highest BCUT2D eigenvalue weighted by atomic mass is 16.2. The van der Waals surface area contributed by atoms with Crippen molar-refractivity contribution in [2.45, 2.75) is 58.7 Å². The number of nitrogens with zero attached hydrogens (tertiary/aromatic N) is 6. The predicted molar refractivity (Wildman–Crippen MR) is 112 cm³/mol. The number of likely N-dealkylation sites (tertiary alicyclic amines) is 1.